The number of rotatable bonds is 7. The molecule has 0 spiro atoms. The van der Waals surface area contributed by atoms with Crippen molar-refractivity contribution in [3.63, 3.8) is 0 Å². The lowest BCUT2D eigenvalue weighted by molar-refractivity contribution is -0.237. The predicted molar refractivity (Wildman–Crippen MR) is 90.1 cm³/mol. The SMILES string of the molecule is CCS[C@H]1OC(COC(C)=O)[C@@H](OC(C)=O)[C@H](OC(C)=O)C1OC(C)=O. The van der Waals surface area contributed by atoms with Gasteiger partial charge < -0.3 is 23.7 Å². The van der Waals surface area contributed by atoms with E-state index in [0.29, 0.717) is 5.75 Å². The first-order valence-corrected chi connectivity index (χ1v) is 9.12. The van der Waals surface area contributed by atoms with Gasteiger partial charge in [0.15, 0.2) is 18.3 Å². The molecule has 10 heteroatoms. The highest BCUT2D eigenvalue weighted by molar-refractivity contribution is 7.99. The van der Waals surface area contributed by atoms with Crippen LogP contribution in [0.2, 0.25) is 0 Å². The Hall–Kier alpha value is -1.81. The van der Waals surface area contributed by atoms with Crippen molar-refractivity contribution in [1.29, 1.82) is 0 Å². The van der Waals surface area contributed by atoms with Gasteiger partial charge in [-0.3, -0.25) is 19.2 Å². The minimum atomic E-state index is -1.10. The number of ether oxygens (including phenoxy) is 5. The first kappa shape index (κ1) is 22.2. The summed E-state index contributed by atoms with van der Waals surface area (Å²) in [5, 5.41) is 0. The molecule has 1 aliphatic rings. The smallest absolute Gasteiger partial charge is 0.303 e. The fraction of sp³-hybridized carbons (Fsp3) is 0.750. The van der Waals surface area contributed by atoms with Crippen molar-refractivity contribution in [2.75, 3.05) is 12.4 Å². The van der Waals surface area contributed by atoms with E-state index in [4.69, 9.17) is 23.7 Å². The molecule has 1 fully saturated rings. The number of esters is 4. The zero-order valence-corrected chi connectivity index (χ0v) is 16.2. The van der Waals surface area contributed by atoms with Crippen LogP contribution < -0.4 is 0 Å². The minimum Gasteiger partial charge on any atom is -0.463 e. The van der Waals surface area contributed by atoms with E-state index in [1.165, 1.54) is 39.5 Å². The highest BCUT2D eigenvalue weighted by atomic mass is 32.2. The van der Waals surface area contributed by atoms with Crippen molar-refractivity contribution in [1.82, 2.24) is 0 Å². The minimum absolute atomic E-state index is 0.210. The Morgan fingerprint density at radius 2 is 1.31 bits per heavy atom. The van der Waals surface area contributed by atoms with E-state index in [9.17, 15) is 19.2 Å². The molecule has 5 atom stereocenters. The number of thioether (sulfide) groups is 1. The average Bonchev–Trinajstić information content (AvgIpc) is 2.50. The van der Waals surface area contributed by atoms with Gasteiger partial charge in [-0.05, 0) is 5.75 Å². The molecule has 0 aliphatic carbocycles. The second-order valence-electron chi connectivity index (χ2n) is 5.52. The number of carbonyl (C=O) groups is 4. The number of hydrogen-bond donors (Lipinski definition) is 0. The lowest BCUT2D eigenvalue weighted by Gasteiger charge is -2.44. The quantitative estimate of drug-likeness (QED) is 0.455. The maximum Gasteiger partial charge on any atom is 0.303 e. The van der Waals surface area contributed by atoms with E-state index in [2.05, 4.69) is 0 Å². The first-order valence-electron chi connectivity index (χ1n) is 8.07. The number of hydrogen-bond acceptors (Lipinski definition) is 10. The molecule has 9 nitrogen and oxygen atoms in total. The maximum atomic E-state index is 11.6. The normalized spacial score (nSPS) is 28.0. The summed E-state index contributed by atoms with van der Waals surface area (Å²) in [4.78, 5) is 45.8. The molecule has 0 amide bonds. The van der Waals surface area contributed by atoms with E-state index in [0.717, 1.165) is 0 Å². The van der Waals surface area contributed by atoms with Gasteiger partial charge in [-0.2, -0.15) is 0 Å². The Labute approximate surface area is 156 Å². The first-order chi connectivity index (χ1) is 12.1. The third kappa shape index (κ3) is 6.83. The van der Waals surface area contributed by atoms with Crippen LogP contribution in [-0.2, 0) is 42.9 Å². The summed E-state index contributed by atoms with van der Waals surface area (Å²) in [5.41, 5.74) is -0.694. The fourth-order valence-electron chi connectivity index (χ4n) is 2.49. The highest BCUT2D eigenvalue weighted by Gasteiger charge is 2.52. The molecule has 26 heavy (non-hydrogen) atoms. The fourth-order valence-corrected chi connectivity index (χ4v) is 3.44. The summed E-state index contributed by atoms with van der Waals surface area (Å²) >= 11 is 1.32. The summed E-state index contributed by atoms with van der Waals surface area (Å²) in [7, 11) is 0. The molecule has 1 heterocycles. The van der Waals surface area contributed by atoms with Gasteiger partial charge in [0.1, 0.15) is 18.1 Å². The molecule has 0 bridgehead atoms. The highest BCUT2D eigenvalue weighted by Crippen LogP contribution is 2.34. The predicted octanol–water partition coefficient (Wildman–Crippen LogP) is 0.823. The lowest BCUT2D eigenvalue weighted by Crippen LogP contribution is -2.61. The third-order valence-corrected chi connectivity index (χ3v) is 4.32. The zero-order chi connectivity index (χ0) is 19.9. The molecule has 148 valence electrons. The van der Waals surface area contributed by atoms with Crippen LogP contribution in [-0.4, -0.2) is 66.1 Å². The summed E-state index contributed by atoms with van der Waals surface area (Å²) in [6.45, 7) is 6.48. The van der Waals surface area contributed by atoms with Crippen LogP contribution in [0.1, 0.15) is 34.6 Å². The topological polar surface area (TPSA) is 114 Å². The van der Waals surface area contributed by atoms with Crippen molar-refractivity contribution in [3.8, 4) is 0 Å². The van der Waals surface area contributed by atoms with Crippen molar-refractivity contribution in [3.05, 3.63) is 0 Å². The molecule has 2 unspecified atom stereocenters. The standard InChI is InChI=1S/C16H24O9S/c1-6-26-16-15(24-11(5)20)14(23-10(4)19)13(22-9(3)18)12(25-16)7-21-8(2)17/h12-16H,6-7H2,1-5H3/t12?,13-,14+,15?,16-/m1/s1. The van der Waals surface area contributed by atoms with Gasteiger partial charge in [-0.15, -0.1) is 11.8 Å². The van der Waals surface area contributed by atoms with Crippen molar-refractivity contribution >= 4 is 35.6 Å². The molecule has 0 N–H and O–H groups in total. The van der Waals surface area contributed by atoms with Crippen molar-refractivity contribution in [2.45, 2.75) is 64.5 Å². The summed E-state index contributed by atoms with van der Waals surface area (Å²) in [6.07, 6.45) is -4.07. The molecule has 0 aromatic heterocycles. The van der Waals surface area contributed by atoms with Crippen molar-refractivity contribution in [2.24, 2.45) is 0 Å². The Morgan fingerprint density at radius 3 is 1.77 bits per heavy atom. The number of carbonyl (C=O) groups excluding carboxylic acids is 4. The maximum absolute atomic E-state index is 11.6. The summed E-state index contributed by atoms with van der Waals surface area (Å²) in [5.74, 6) is -1.81. The molecule has 1 aliphatic heterocycles. The Kier molecular flexibility index (Phi) is 8.86. The van der Waals surface area contributed by atoms with E-state index >= 15 is 0 Å². The molecule has 0 aromatic rings. The molecular formula is C16H24O9S. The van der Waals surface area contributed by atoms with E-state index < -0.39 is 53.7 Å². The molecule has 1 saturated heterocycles. The molecule has 0 aromatic carbocycles. The summed E-state index contributed by atoms with van der Waals surface area (Å²) < 4.78 is 26.7. The Bertz CT molecular complexity index is 536. The molecular weight excluding hydrogens is 368 g/mol. The monoisotopic (exact) mass is 392 g/mol. The second-order valence-corrected chi connectivity index (χ2v) is 6.90. The third-order valence-electron chi connectivity index (χ3n) is 3.28. The van der Waals surface area contributed by atoms with Crippen LogP contribution in [0, 0.1) is 0 Å². The van der Waals surface area contributed by atoms with E-state index in [1.807, 2.05) is 6.92 Å². The van der Waals surface area contributed by atoms with Crippen LogP contribution >= 0.6 is 11.8 Å². The van der Waals surface area contributed by atoms with Gasteiger partial charge in [-0.25, -0.2) is 0 Å². The average molecular weight is 392 g/mol. The molecule has 0 saturated carbocycles. The largest absolute Gasteiger partial charge is 0.463 e. The summed E-state index contributed by atoms with van der Waals surface area (Å²) in [6, 6.07) is 0. The van der Waals surface area contributed by atoms with Gasteiger partial charge >= 0.3 is 23.9 Å². The van der Waals surface area contributed by atoms with Gasteiger partial charge in [-0.1, -0.05) is 6.92 Å². The van der Waals surface area contributed by atoms with E-state index in [-0.39, 0.29) is 6.61 Å². The Balaban J connectivity index is 3.22. The van der Waals surface area contributed by atoms with E-state index in [1.54, 1.807) is 0 Å². The van der Waals surface area contributed by atoms with Gasteiger partial charge in [0.05, 0.1) is 0 Å². The zero-order valence-electron chi connectivity index (χ0n) is 15.4. The van der Waals surface area contributed by atoms with Crippen LogP contribution in [0.3, 0.4) is 0 Å². The molecule has 1 rings (SSSR count). The van der Waals surface area contributed by atoms with Gasteiger partial charge in [0.25, 0.3) is 0 Å². The van der Waals surface area contributed by atoms with Gasteiger partial charge in [0.2, 0.25) is 0 Å². The van der Waals surface area contributed by atoms with Crippen LogP contribution in [0.25, 0.3) is 0 Å². The Morgan fingerprint density at radius 1 is 0.808 bits per heavy atom. The molecule has 0 radical (unpaired) electrons. The second kappa shape index (κ2) is 10.4. The van der Waals surface area contributed by atoms with Crippen LogP contribution in [0.15, 0.2) is 0 Å². The van der Waals surface area contributed by atoms with Crippen LogP contribution in [0.4, 0.5) is 0 Å². The van der Waals surface area contributed by atoms with Crippen molar-refractivity contribution < 1.29 is 42.9 Å². The van der Waals surface area contributed by atoms with Gasteiger partial charge in [0, 0.05) is 27.7 Å². The van der Waals surface area contributed by atoms with Crippen LogP contribution in [0.5, 0.6) is 0 Å². The lowest BCUT2D eigenvalue weighted by atomic mass is 9.99.